The minimum absolute atomic E-state index is 0.0172. The molecule has 3 aromatic carbocycles. The number of allylic oxidation sites excluding steroid dienone is 1. The van der Waals surface area contributed by atoms with E-state index in [1.165, 1.54) is 0 Å². The van der Waals surface area contributed by atoms with Crippen molar-refractivity contribution in [3.8, 4) is 17.6 Å². The van der Waals surface area contributed by atoms with Crippen molar-refractivity contribution in [3.05, 3.63) is 111 Å². The van der Waals surface area contributed by atoms with Crippen LogP contribution in [0.4, 0.5) is 0 Å². The molecule has 1 N–H and O–H groups in total. The van der Waals surface area contributed by atoms with Crippen molar-refractivity contribution >= 4 is 35.2 Å². The van der Waals surface area contributed by atoms with Crippen LogP contribution in [0, 0.1) is 11.3 Å². The van der Waals surface area contributed by atoms with Gasteiger partial charge in [0.2, 0.25) is 0 Å². The van der Waals surface area contributed by atoms with E-state index in [-0.39, 0.29) is 18.2 Å². The second-order valence-corrected chi connectivity index (χ2v) is 9.08. The summed E-state index contributed by atoms with van der Waals surface area (Å²) in [5.41, 5.74) is 3.14. The zero-order valence-electron chi connectivity index (χ0n) is 20.8. The SMILES string of the molecule is C=CCc1cc(/C=C(/C#N)C(=O)N[C@H](C)c2ccccc2)cc(OCC)c1OCc1ccc(Cl)cc1Cl. The number of benzene rings is 3. The molecular formula is C30H28Cl2N2O3. The maximum absolute atomic E-state index is 12.9. The van der Waals surface area contributed by atoms with Gasteiger partial charge in [-0.3, -0.25) is 4.79 Å². The van der Waals surface area contributed by atoms with Crippen molar-refractivity contribution in [1.82, 2.24) is 5.32 Å². The number of amides is 1. The molecule has 190 valence electrons. The number of nitrogens with zero attached hydrogens (tertiary/aromatic N) is 1. The van der Waals surface area contributed by atoms with Crippen LogP contribution in [0.15, 0.2) is 78.9 Å². The predicted molar refractivity (Wildman–Crippen MR) is 149 cm³/mol. The van der Waals surface area contributed by atoms with Crippen LogP contribution in [0.5, 0.6) is 11.5 Å². The second kappa shape index (κ2) is 13.5. The van der Waals surface area contributed by atoms with E-state index < -0.39 is 5.91 Å². The van der Waals surface area contributed by atoms with Gasteiger partial charge in [0.05, 0.1) is 12.6 Å². The summed E-state index contributed by atoms with van der Waals surface area (Å²) < 4.78 is 12.0. The molecule has 37 heavy (non-hydrogen) atoms. The van der Waals surface area contributed by atoms with Crippen LogP contribution in [0.3, 0.4) is 0 Å². The van der Waals surface area contributed by atoms with Gasteiger partial charge in [0.25, 0.3) is 5.91 Å². The van der Waals surface area contributed by atoms with E-state index in [1.807, 2.05) is 62.4 Å². The Morgan fingerprint density at radius 2 is 1.86 bits per heavy atom. The monoisotopic (exact) mass is 534 g/mol. The smallest absolute Gasteiger partial charge is 0.262 e. The molecule has 0 unspecified atom stereocenters. The number of rotatable bonds is 11. The van der Waals surface area contributed by atoms with Crippen molar-refractivity contribution in [2.24, 2.45) is 0 Å². The molecule has 7 heteroatoms. The Balaban J connectivity index is 1.91. The Hall–Kier alpha value is -3.72. The van der Waals surface area contributed by atoms with Gasteiger partial charge in [-0.25, -0.2) is 0 Å². The van der Waals surface area contributed by atoms with Gasteiger partial charge in [0, 0.05) is 21.2 Å². The summed E-state index contributed by atoms with van der Waals surface area (Å²) in [5.74, 6) is 0.582. The van der Waals surface area contributed by atoms with Crippen molar-refractivity contribution in [1.29, 1.82) is 5.26 Å². The highest BCUT2D eigenvalue weighted by atomic mass is 35.5. The van der Waals surface area contributed by atoms with Crippen molar-refractivity contribution in [2.45, 2.75) is 32.9 Å². The van der Waals surface area contributed by atoms with E-state index in [9.17, 15) is 10.1 Å². The zero-order chi connectivity index (χ0) is 26.8. The van der Waals surface area contributed by atoms with E-state index >= 15 is 0 Å². The normalized spacial score (nSPS) is 11.8. The molecule has 0 heterocycles. The summed E-state index contributed by atoms with van der Waals surface area (Å²) >= 11 is 12.3. The van der Waals surface area contributed by atoms with E-state index in [0.29, 0.717) is 40.1 Å². The fourth-order valence-electron chi connectivity index (χ4n) is 3.70. The van der Waals surface area contributed by atoms with Crippen molar-refractivity contribution < 1.29 is 14.3 Å². The molecule has 0 saturated heterocycles. The molecule has 0 aromatic heterocycles. The first-order valence-electron chi connectivity index (χ1n) is 11.8. The molecule has 0 aliphatic rings. The first kappa shape index (κ1) is 27.9. The highest BCUT2D eigenvalue weighted by Crippen LogP contribution is 2.36. The van der Waals surface area contributed by atoms with Gasteiger partial charge in [0.15, 0.2) is 11.5 Å². The van der Waals surface area contributed by atoms with Gasteiger partial charge in [-0.15, -0.1) is 6.58 Å². The third kappa shape index (κ3) is 7.63. The molecule has 0 aliphatic heterocycles. The van der Waals surface area contributed by atoms with Crippen molar-refractivity contribution in [2.75, 3.05) is 6.61 Å². The summed E-state index contributed by atoms with van der Waals surface area (Å²) in [7, 11) is 0. The fraction of sp³-hybridized carbons (Fsp3) is 0.200. The maximum Gasteiger partial charge on any atom is 0.262 e. The molecule has 1 atom stereocenters. The summed E-state index contributed by atoms with van der Waals surface area (Å²) in [5, 5.41) is 13.7. The summed E-state index contributed by atoms with van der Waals surface area (Å²) in [6.07, 6.45) is 3.78. The van der Waals surface area contributed by atoms with Crippen LogP contribution in [-0.4, -0.2) is 12.5 Å². The van der Waals surface area contributed by atoms with Gasteiger partial charge in [-0.05, 0) is 61.7 Å². The average molecular weight is 535 g/mol. The first-order chi connectivity index (χ1) is 17.9. The topological polar surface area (TPSA) is 71.4 Å². The average Bonchev–Trinajstić information content (AvgIpc) is 2.88. The van der Waals surface area contributed by atoms with Crippen LogP contribution in [0.25, 0.3) is 6.08 Å². The van der Waals surface area contributed by atoms with E-state index in [1.54, 1.807) is 30.4 Å². The third-order valence-corrected chi connectivity index (χ3v) is 6.12. The van der Waals surface area contributed by atoms with Gasteiger partial charge in [0.1, 0.15) is 18.2 Å². The van der Waals surface area contributed by atoms with Crippen LogP contribution in [0.1, 0.15) is 42.1 Å². The number of nitrogens with one attached hydrogen (secondary N) is 1. The molecule has 5 nitrogen and oxygen atoms in total. The number of carbonyl (C=O) groups is 1. The Morgan fingerprint density at radius 3 is 2.51 bits per heavy atom. The highest BCUT2D eigenvalue weighted by Gasteiger charge is 2.17. The number of hydrogen-bond donors (Lipinski definition) is 1. The van der Waals surface area contributed by atoms with Gasteiger partial charge >= 0.3 is 0 Å². The quantitative estimate of drug-likeness (QED) is 0.157. The molecule has 3 rings (SSSR count). The lowest BCUT2D eigenvalue weighted by Gasteiger charge is -2.18. The highest BCUT2D eigenvalue weighted by molar-refractivity contribution is 6.35. The molecule has 1 amide bonds. The molecule has 0 saturated carbocycles. The summed E-state index contributed by atoms with van der Waals surface area (Å²) in [4.78, 5) is 12.9. The fourth-order valence-corrected chi connectivity index (χ4v) is 4.17. The van der Waals surface area contributed by atoms with Crippen molar-refractivity contribution in [3.63, 3.8) is 0 Å². The van der Waals surface area contributed by atoms with Crippen LogP contribution < -0.4 is 14.8 Å². The van der Waals surface area contributed by atoms with Gasteiger partial charge in [-0.2, -0.15) is 5.26 Å². The third-order valence-electron chi connectivity index (χ3n) is 5.53. The molecule has 0 aliphatic carbocycles. The Bertz CT molecular complexity index is 1330. The zero-order valence-corrected chi connectivity index (χ0v) is 22.3. The lowest BCUT2D eigenvalue weighted by molar-refractivity contribution is -0.117. The number of halogens is 2. The maximum atomic E-state index is 12.9. The largest absolute Gasteiger partial charge is 0.490 e. The summed E-state index contributed by atoms with van der Waals surface area (Å²) in [6.45, 7) is 8.20. The number of hydrogen-bond acceptors (Lipinski definition) is 4. The van der Waals surface area contributed by atoms with Gasteiger partial charge < -0.3 is 14.8 Å². The number of nitriles is 1. The molecule has 0 radical (unpaired) electrons. The minimum atomic E-state index is -0.459. The Labute approximate surface area is 227 Å². The molecule has 0 fully saturated rings. The van der Waals surface area contributed by atoms with Crippen LogP contribution in [0.2, 0.25) is 10.0 Å². The molecule has 0 spiro atoms. The van der Waals surface area contributed by atoms with Crippen LogP contribution in [-0.2, 0) is 17.8 Å². The second-order valence-electron chi connectivity index (χ2n) is 8.23. The number of ether oxygens (including phenoxy) is 2. The lowest BCUT2D eigenvalue weighted by atomic mass is 10.0. The minimum Gasteiger partial charge on any atom is -0.490 e. The number of carbonyl (C=O) groups excluding carboxylic acids is 1. The Kier molecular flexibility index (Phi) is 10.2. The molecular weight excluding hydrogens is 507 g/mol. The van der Waals surface area contributed by atoms with E-state index in [4.69, 9.17) is 32.7 Å². The molecule has 3 aromatic rings. The Morgan fingerprint density at radius 1 is 1.11 bits per heavy atom. The lowest BCUT2D eigenvalue weighted by Crippen LogP contribution is -2.27. The predicted octanol–water partition coefficient (Wildman–Crippen LogP) is 7.48. The van der Waals surface area contributed by atoms with Crippen LogP contribution >= 0.6 is 23.2 Å². The van der Waals surface area contributed by atoms with E-state index in [0.717, 1.165) is 16.7 Å². The standard InChI is InChI=1S/C30H28Cl2N2O3/c1-4-9-23-14-21(15-25(18-33)30(35)34-20(3)22-10-7-6-8-11-22)16-28(36-5-2)29(23)37-19-24-12-13-26(31)17-27(24)32/h4,6-8,10-17,20H,1,5,9,19H2,2-3H3,(H,34,35)/b25-15-/t20-/m1/s1. The van der Waals surface area contributed by atoms with E-state index in [2.05, 4.69) is 11.9 Å². The summed E-state index contributed by atoms with van der Waals surface area (Å²) in [6, 6.07) is 20.2. The first-order valence-corrected chi connectivity index (χ1v) is 12.6. The molecule has 0 bridgehead atoms. The van der Waals surface area contributed by atoms with Gasteiger partial charge in [-0.1, -0.05) is 65.7 Å².